The fourth-order valence-electron chi connectivity index (χ4n) is 3.16. The first-order valence-corrected chi connectivity index (χ1v) is 8.09. The third-order valence-corrected chi connectivity index (χ3v) is 5.78. The summed E-state index contributed by atoms with van der Waals surface area (Å²) in [6.07, 6.45) is 3.87. The predicted molar refractivity (Wildman–Crippen MR) is 81.5 cm³/mol. The van der Waals surface area contributed by atoms with E-state index in [1.165, 1.54) is 29.9 Å². The number of nitrogens with one attached hydrogen (secondary N) is 1. The van der Waals surface area contributed by atoms with Crippen molar-refractivity contribution in [2.75, 3.05) is 19.3 Å². The lowest BCUT2D eigenvalue weighted by Gasteiger charge is -2.34. The van der Waals surface area contributed by atoms with Crippen LogP contribution in [0.1, 0.15) is 44.6 Å². The summed E-state index contributed by atoms with van der Waals surface area (Å²) in [5, 5.41) is 3.40. The van der Waals surface area contributed by atoms with E-state index in [1.54, 1.807) is 5.56 Å². The molecular formula is C16H25NS. The molecule has 1 atom stereocenters. The van der Waals surface area contributed by atoms with Crippen molar-refractivity contribution < 1.29 is 0 Å². The molecule has 1 aliphatic rings. The highest BCUT2D eigenvalue weighted by atomic mass is 32.2. The summed E-state index contributed by atoms with van der Waals surface area (Å²) in [6.45, 7) is 5.83. The number of fused-ring (bicyclic) bond motifs is 1. The van der Waals surface area contributed by atoms with Crippen molar-refractivity contribution in [3.8, 4) is 0 Å². The number of hydrogen-bond acceptors (Lipinski definition) is 2. The second-order valence-corrected chi connectivity index (χ2v) is 6.55. The van der Waals surface area contributed by atoms with Crippen LogP contribution >= 0.6 is 11.8 Å². The number of rotatable bonds is 6. The summed E-state index contributed by atoms with van der Waals surface area (Å²) < 4.78 is 0. The van der Waals surface area contributed by atoms with Crippen molar-refractivity contribution in [2.45, 2.75) is 43.9 Å². The third kappa shape index (κ3) is 2.75. The van der Waals surface area contributed by atoms with Crippen molar-refractivity contribution in [3.05, 3.63) is 29.8 Å². The normalized spacial score (nSPS) is 18.9. The zero-order valence-electron chi connectivity index (χ0n) is 11.8. The van der Waals surface area contributed by atoms with Crippen LogP contribution < -0.4 is 5.32 Å². The van der Waals surface area contributed by atoms with E-state index in [4.69, 9.17) is 0 Å². The lowest BCUT2D eigenvalue weighted by molar-refractivity contribution is 0.220. The Morgan fingerprint density at radius 2 is 2.00 bits per heavy atom. The van der Waals surface area contributed by atoms with Gasteiger partial charge in [-0.05, 0) is 49.3 Å². The summed E-state index contributed by atoms with van der Waals surface area (Å²) in [4.78, 5) is 1.51. The first kappa shape index (κ1) is 14.0. The largest absolute Gasteiger partial charge is 0.319 e. The third-order valence-electron chi connectivity index (χ3n) is 4.53. The molecule has 100 valence electrons. The molecule has 1 aromatic carbocycles. The maximum atomic E-state index is 3.40. The molecule has 0 aromatic heterocycles. The molecule has 0 radical (unpaired) electrons. The summed E-state index contributed by atoms with van der Waals surface area (Å²) in [5.41, 5.74) is 2.06. The first-order chi connectivity index (χ1) is 8.74. The molecule has 0 fully saturated rings. The van der Waals surface area contributed by atoms with E-state index in [9.17, 15) is 0 Å². The Balaban J connectivity index is 2.14. The Labute approximate surface area is 116 Å². The van der Waals surface area contributed by atoms with Crippen molar-refractivity contribution in [1.29, 1.82) is 0 Å². The van der Waals surface area contributed by atoms with Gasteiger partial charge in [0, 0.05) is 17.2 Å². The molecule has 1 N–H and O–H groups in total. The molecule has 2 heteroatoms. The van der Waals surface area contributed by atoms with E-state index in [0.29, 0.717) is 5.41 Å². The monoisotopic (exact) mass is 263 g/mol. The maximum Gasteiger partial charge on any atom is 0.0107 e. The zero-order chi connectivity index (χ0) is 13.0. The molecule has 0 bridgehead atoms. The fourth-order valence-corrected chi connectivity index (χ4v) is 4.41. The van der Waals surface area contributed by atoms with E-state index in [1.807, 2.05) is 11.8 Å². The van der Waals surface area contributed by atoms with E-state index >= 15 is 0 Å². The van der Waals surface area contributed by atoms with Crippen LogP contribution in [0.2, 0.25) is 0 Å². The molecule has 1 nitrogen and oxygen atoms in total. The Morgan fingerprint density at radius 3 is 2.67 bits per heavy atom. The lowest BCUT2D eigenvalue weighted by Crippen LogP contribution is -2.33. The molecule has 0 aliphatic carbocycles. The van der Waals surface area contributed by atoms with Crippen LogP contribution in [0.4, 0.5) is 0 Å². The summed E-state index contributed by atoms with van der Waals surface area (Å²) in [7, 11) is 2.08. The molecule has 0 spiro atoms. The second-order valence-electron chi connectivity index (χ2n) is 5.49. The molecule has 1 heterocycles. The predicted octanol–water partition coefficient (Wildman–Crippen LogP) is 4.29. The van der Waals surface area contributed by atoms with Gasteiger partial charge >= 0.3 is 0 Å². The van der Waals surface area contributed by atoms with Crippen LogP contribution in [-0.4, -0.2) is 19.3 Å². The highest BCUT2D eigenvalue weighted by Gasteiger charge is 2.33. The van der Waals surface area contributed by atoms with E-state index < -0.39 is 0 Å². The van der Waals surface area contributed by atoms with Crippen LogP contribution in [0.5, 0.6) is 0 Å². The van der Waals surface area contributed by atoms with Crippen molar-refractivity contribution >= 4 is 11.8 Å². The average Bonchev–Trinajstić information content (AvgIpc) is 2.81. The fraction of sp³-hybridized carbons (Fsp3) is 0.625. The van der Waals surface area contributed by atoms with Gasteiger partial charge in [0.05, 0.1) is 0 Å². The number of thioether (sulfide) groups is 1. The quantitative estimate of drug-likeness (QED) is 0.821. The zero-order valence-corrected chi connectivity index (χ0v) is 12.6. The molecule has 1 unspecified atom stereocenters. The summed E-state index contributed by atoms with van der Waals surface area (Å²) in [6, 6.07) is 8.96. The van der Waals surface area contributed by atoms with Gasteiger partial charge < -0.3 is 5.32 Å². The topological polar surface area (TPSA) is 12.0 Å². The average molecular weight is 263 g/mol. The van der Waals surface area contributed by atoms with Gasteiger partial charge in [0.1, 0.15) is 0 Å². The molecule has 18 heavy (non-hydrogen) atoms. The SMILES string of the molecule is CCC(CC)(CNC)CC1CSc2ccccc21. The smallest absolute Gasteiger partial charge is 0.0107 e. The highest BCUT2D eigenvalue weighted by molar-refractivity contribution is 7.99. The Kier molecular flexibility index (Phi) is 4.74. The van der Waals surface area contributed by atoms with Crippen LogP contribution in [0.25, 0.3) is 0 Å². The minimum Gasteiger partial charge on any atom is -0.319 e. The van der Waals surface area contributed by atoms with Gasteiger partial charge in [-0.3, -0.25) is 0 Å². The second kappa shape index (κ2) is 6.12. The number of hydrogen-bond donors (Lipinski definition) is 1. The van der Waals surface area contributed by atoms with Crippen molar-refractivity contribution in [2.24, 2.45) is 5.41 Å². The van der Waals surface area contributed by atoms with Crippen LogP contribution in [0.3, 0.4) is 0 Å². The summed E-state index contributed by atoms with van der Waals surface area (Å²) >= 11 is 2.04. The molecule has 0 saturated heterocycles. The molecule has 0 saturated carbocycles. The van der Waals surface area contributed by atoms with Gasteiger partial charge in [-0.15, -0.1) is 11.8 Å². The van der Waals surface area contributed by atoms with Crippen LogP contribution in [0, 0.1) is 5.41 Å². The van der Waals surface area contributed by atoms with E-state index in [-0.39, 0.29) is 0 Å². The first-order valence-electron chi connectivity index (χ1n) is 7.11. The van der Waals surface area contributed by atoms with Gasteiger partial charge in [0.15, 0.2) is 0 Å². The highest BCUT2D eigenvalue weighted by Crippen LogP contribution is 2.46. The Morgan fingerprint density at radius 1 is 1.28 bits per heavy atom. The van der Waals surface area contributed by atoms with Crippen LogP contribution in [-0.2, 0) is 0 Å². The molecular weight excluding hydrogens is 238 g/mol. The molecule has 1 aliphatic heterocycles. The van der Waals surface area contributed by atoms with Gasteiger partial charge in [-0.25, -0.2) is 0 Å². The van der Waals surface area contributed by atoms with Gasteiger partial charge in [0.25, 0.3) is 0 Å². The Hall–Kier alpha value is -0.470. The minimum atomic E-state index is 0.470. The number of benzene rings is 1. The summed E-state index contributed by atoms with van der Waals surface area (Å²) in [5.74, 6) is 2.02. The maximum absolute atomic E-state index is 3.40. The minimum absolute atomic E-state index is 0.470. The standard InChI is InChI=1S/C16H25NS/c1-4-16(5-2,12-17-3)10-13-11-18-15-9-7-6-8-14(13)15/h6-9,13,17H,4-5,10-12H2,1-3H3. The molecule has 0 amide bonds. The Bertz CT molecular complexity index is 384. The molecule has 1 aromatic rings. The van der Waals surface area contributed by atoms with Crippen LogP contribution in [0.15, 0.2) is 29.2 Å². The lowest BCUT2D eigenvalue weighted by atomic mass is 9.74. The van der Waals surface area contributed by atoms with Crippen molar-refractivity contribution in [3.63, 3.8) is 0 Å². The van der Waals surface area contributed by atoms with Gasteiger partial charge in [-0.1, -0.05) is 32.0 Å². The van der Waals surface area contributed by atoms with Crippen molar-refractivity contribution in [1.82, 2.24) is 5.32 Å². The molecule has 2 rings (SSSR count). The van der Waals surface area contributed by atoms with E-state index in [2.05, 4.69) is 50.5 Å². The van der Waals surface area contributed by atoms with Gasteiger partial charge in [0.2, 0.25) is 0 Å². The van der Waals surface area contributed by atoms with E-state index in [0.717, 1.165) is 12.5 Å². The van der Waals surface area contributed by atoms with Gasteiger partial charge in [-0.2, -0.15) is 0 Å².